The SMILES string of the molecule is CCc1ccc2c(c1)sc(=NC(=O)C1CCCN(S(=O)(=O)c3cccs3)C1)n2CC(=O)OC. The molecule has 1 unspecified atom stereocenters. The van der Waals surface area contributed by atoms with Gasteiger partial charge >= 0.3 is 5.97 Å². The van der Waals surface area contributed by atoms with Gasteiger partial charge in [-0.05, 0) is 48.4 Å². The molecule has 3 aromatic rings. The Hall–Kier alpha value is -2.34. The summed E-state index contributed by atoms with van der Waals surface area (Å²) in [6, 6.07) is 9.22. The standard InChI is InChI=1S/C22H25N3O5S3/c1-3-15-8-9-17-18(12-15)32-22(25(17)14-19(26)30-2)23-21(27)16-6-4-10-24(13-16)33(28,29)20-7-5-11-31-20/h5,7-9,11-12,16H,3-4,6,10,13-14H2,1-2H3. The first-order chi connectivity index (χ1) is 15.8. The number of methoxy groups -OCH3 is 1. The van der Waals surface area contributed by atoms with Gasteiger partial charge in [0.05, 0.1) is 23.2 Å². The Morgan fingerprint density at radius 2 is 2.09 bits per heavy atom. The van der Waals surface area contributed by atoms with Crippen LogP contribution in [0.5, 0.6) is 0 Å². The lowest BCUT2D eigenvalue weighted by atomic mass is 9.99. The molecule has 1 aliphatic heterocycles. The molecule has 1 fully saturated rings. The number of amides is 1. The minimum Gasteiger partial charge on any atom is -0.468 e. The Morgan fingerprint density at radius 1 is 1.27 bits per heavy atom. The van der Waals surface area contributed by atoms with Crippen molar-refractivity contribution < 1.29 is 22.7 Å². The molecule has 11 heteroatoms. The number of carbonyl (C=O) groups is 2. The van der Waals surface area contributed by atoms with Crippen molar-refractivity contribution in [3.05, 3.63) is 46.1 Å². The van der Waals surface area contributed by atoms with Crippen LogP contribution in [0.4, 0.5) is 0 Å². The lowest BCUT2D eigenvalue weighted by molar-refractivity contribution is -0.141. The number of piperidine rings is 1. The summed E-state index contributed by atoms with van der Waals surface area (Å²) in [5, 5.41) is 1.72. The summed E-state index contributed by atoms with van der Waals surface area (Å²) in [6.07, 6.45) is 2.03. The molecular weight excluding hydrogens is 482 g/mol. The molecule has 176 valence electrons. The molecule has 33 heavy (non-hydrogen) atoms. The number of sulfonamides is 1. The summed E-state index contributed by atoms with van der Waals surface area (Å²) in [5.41, 5.74) is 1.95. The summed E-state index contributed by atoms with van der Waals surface area (Å²) in [7, 11) is -2.30. The number of thiazole rings is 1. The maximum Gasteiger partial charge on any atom is 0.325 e. The zero-order valence-corrected chi connectivity index (χ0v) is 20.8. The molecule has 0 aliphatic carbocycles. The number of nitrogens with zero attached hydrogens (tertiary/aromatic N) is 3. The van der Waals surface area contributed by atoms with E-state index in [-0.39, 0.29) is 23.2 Å². The molecule has 1 aromatic carbocycles. The Bertz CT molecular complexity index is 1340. The number of esters is 1. The lowest BCUT2D eigenvalue weighted by Crippen LogP contribution is -2.42. The molecule has 0 saturated carbocycles. The number of hydrogen-bond acceptors (Lipinski definition) is 7. The fraction of sp³-hybridized carbons (Fsp3) is 0.409. The van der Waals surface area contributed by atoms with Crippen LogP contribution in [0, 0.1) is 5.92 Å². The average molecular weight is 508 g/mol. The van der Waals surface area contributed by atoms with Gasteiger partial charge in [0.15, 0.2) is 4.80 Å². The maximum atomic E-state index is 13.1. The number of rotatable bonds is 6. The van der Waals surface area contributed by atoms with E-state index >= 15 is 0 Å². The Morgan fingerprint density at radius 3 is 2.79 bits per heavy atom. The molecule has 4 rings (SSSR count). The van der Waals surface area contributed by atoms with Crippen LogP contribution >= 0.6 is 22.7 Å². The van der Waals surface area contributed by atoms with E-state index in [0.717, 1.165) is 22.2 Å². The number of aromatic nitrogens is 1. The largest absolute Gasteiger partial charge is 0.468 e. The highest BCUT2D eigenvalue weighted by molar-refractivity contribution is 7.91. The van der Waals surface area contributed by atoms with E-state index in [4.69, 9.17) is 4.74 Å². The predicted octanol–water partition coefficient (Wildman–Crippen LogP) is 3.03. The van der Waals surface area contributed by atoms with Gasteiger partial charge in [0.1, 0.15) is 10.8 Å². The monoisotopic (exact) mass is 507 g/mol. The summed E-state index contributed by atoms with van der Waals surface area (Å²) >= 11 is 2.51. The molecule has 1 amide bonds. The predicted molar refractivity (Wildman–Crippen MR) is 128 cm³/mol. The lowest BCUT2D eigenvalue weighted by Gasteiger charge is -2.29. The number of benzene rings is 1. The fourth-order valence-corrected chi connectivity index (χ4v) is 7.62. The molecule has 3 heterocycles. The molecule has 0 bridgehead atoms. The van der Waals surface area contributed by atoms with Crippen molar-refractivity contribution in [1.29, 1.82) is 0 Å². The molecular formula is C22H25N3O5S3. The molecule has 0 radical (unpaired) electrons. The van der Waals surface area contributed by atoms with Crippen LogP contribution < -0.4 is 4.80 Å². The first-order valence-electron chi connectivity index (χ1n) is 10.6. The van der Waals surface area contributed by atoms with E-state index in [1.54, 1.807) is 22.1 Å². The van der Waals surface area contributed by atoms with E-state index in [0.29, 0.717) is 24.2 Å². The molecule has 0 spiro atoms. The summed E-state index contributed by atoms with van der Waals surface area (Å²) in [6.45, 7) is 2.49. The van der Waals surface area contributed by atoms with E-state index in [9.17, 15) is 18.0 Å². The molecule has 1 saturated heterocycles. The van der Waals surface area contributed by atoms with Gasteiger partial charge < -0.3 is 9.30 Å². The number of hydrogen-bond donors (Lipinski definition) is 0. The molecule has 0 N–H and O–H groups in total. The third-order valence-corrected chi connectivity index (χ3v) is 9.98. The van der Waals surface area contributed by atoms with Gasteiger partial charge in [0.2, 0.25) is 0 Å². The number of carbonyl (C=O) groups excluding carboxylic acids is 2. The smallest absolute Gasteiger partial charge is 0.325 e. The summed E-state index contributed by atoms with van der Waals surface area (Å²) in [4.78, 5) is 29.9. The van der Waals surface area contributed by atoms with Crippen LogP contribution in [-0.4, -0.2) is 49.4 Å². The van der Waals surface area contributed by atoms with Crippen molar-refractivity contribution in [3.63, 3.8) is 0 Å². The van der Waals surface area contributed by atoms with Crippen LogP contribution in [0.3, 0.4) is 0 Å². The van der Waals surface area contributed by atoms with Crippen molar-refractivity contribution in [2.24, 2.45) is 10.9 Å². The number of ether oxygens (including phenoxy) is 1. The van der Waals surface area contributed by atoms with Crippen molar-refractivity contribution in [2.45, 2.75) is 36.9 Å². The van der Waals surface area contributed by atoms with E-state index in [1.165, 1.54) is 34.1 Å². The maximum absolute atomic E-state index is 13.1. The molecule has 1 atom stereocenters. The molecule has 1 aliphatic rings. The molecule has 2 aromatic heterocycles. The summed E-state index contributed by atoms with van der Waals surface area (Å²) < 4.78 is 34.9. The van der Waals surface area contributed by atoms with E-state index in [2.05, 4.69) is 11.9 Å². The highest BCUT2D eigenvalue weighted by Gasteiger charge is 2.33. The van der Waals surface area contributed by atoms with Crippen LogP contribution in [0.2, 0.25) is 0 Å². The van der Waals surface area contributed by atoms with Gasteiger partial charge in [-0.3, -0.25) is 9.59 Å². The van der Waals surface area contributed by atoms with Gasteiger partial charge in [-0.1, -0.05) is 30.4 Å². The second-order valence-corrected chi connectivity index (χ2v) is 11.9. The van der Waals surface area contributed by atoms with E-state index in [1.807, 2.05) is 18.2 Å². The van der Waals surface area contributed by atoms with Gasteiger partial charge in [0.25, 0.3) is 15.9 Å². The topological polar surface area (TPSA) is 98.0 Å². The van der Waals surface area contributed by atoms with Crippen molar-refractivity contribution in [1.82, 2.24) is 8.87 Å². The minimum atomic E-state index is -3.62. The highest BCUT2D eigenvalue weighted by atomic mass is 32.2. The fourth-order valence-electron chi connectivity index (χ4n) is 3.85. The first kappa shape index (κ1) is 23.8. The van der Waals surface area contributed by atoms with Crippen LogP contribution in [0.1, 0.15) is 25.3 Å². The van der Waals surface area contributed by atoms with Crippen LogP contribution in [0.15, 0.2) is 44.9 Å². The van der Waals surface area contributed by atoms with Crippen LogP contribution in [-0.2, 0) is 37.3 Å². The number of fused-ring (bicyclic) bond motifs is 1. The minimum absolute atomic E-state index is 0.0579. The third-order valence-electron chi connectivity index (χ3n) is 5.70. The molecule has 8 nitrogen and oxygen atoms in total. The van der Waals surface area contributed by atoms with E-state index < -0.39 is 21.9 Å². The second kappa shape index (κ2) is 9.88. The summed E-state index contributed by atoms with van der Waals surface area (Å²) in [5.74, 6) is -1.34. The Kier molecular flexibility index (Phi) is 7.13. The third kappa shape index (κ3) is 4.96. The average Bonchev–Trinajstić information content (AvgIpc) is 3.48. The van der Waals surface area contributed by atoms with Crippen molar-refractivity contribution in [2.75, 3.05) is 20.2 Å². The number of thiophene rings is 1. The highest BCUT2D eigenvalue weighted by Crippen LogP contribution is 2.27. The van der Waals surface area contributed by atoms with Crippen molar-refractivity contribution >= 4 is 54.8 Å². The Labute approximate surface area is 200 Å². The van der Waals surface area contributed by atoms with Crippen LogP contribution in [0.25, 0.3) is 10.2 Å². The zero-order chi connectivity index (χ0) is 23.6. The first-order valence-corrected chi connectivity index (χ1v) is 13.8. The normalized spacial score (nSPS) is 18.0. The quantitative estimate of drug-likeness (QED) is 0.478. The van der Waals surface area contributed by atoms with Gasteiger partial charge in [0, 0.05) is 13.1 Å². The zero-order valence-electron chi connectivity index (χ0n) is 18.4. The Balaban J connectivity index is 1.66. The van der Waals surface area contributed by atoms with Gasteiger partial charge in [-0.25, -0.2) is 8.42 Å². The van der Waals surface area contributed by atoms with Crippen molar-refractivity contribution in [3.8, 4) is 0 Å². The van der Waals surface area contributed by atoms with Gasteiger partial charge in [-0.2, -0.15) is 9.30 Å². The van der Waals surface area contributed by atoms with Gasteiger partial charge in [-0.15, -0.1) is 11.3 Å². The number of aryl methyl sites for hydroxylation is 1. The second-order valence-electron chi connectivity index (χ2n) is 7.79.